The van der Waals surface area contributed by atoms with Gasteiger partial charge in [-0.2, -0.15) is 0 Å². The molecule has 0 aromatic rings. The molecule has 0 radical (unpaired) electrons. The van der Waals surface area contributed by atoms with E-state index in [1.165, 1.54) is 116 Å². The Balaban J connectivity index is 4.95. The van der Waals surface area contributed by atoms with E-state index in [1.807, 2.05) is 0 Å². The van der Waals surface area contributed by atoms with Crippen molar-refractivity contribution in [2.45, 2.75) is 143 Å². The van der Waals surface area contributed by atoms with Gasteiger partial charge in [-0.15, -0.1) is 0 Å². The van der Waals surface area contributed by atoms with Gasteiger partial charge < -0.3 is 0 Å². The molecule has 0 N–H and O–H groups in total. The predicted octanol–water partition coefficient (Wildman–Crippen LogP) is 11.0. The molecule has 0 saturated heterocycles. The quantitative estimate of drug-likeness (QED) is 0.0748. The molecule has 0 saturated carbocycles. The van der Waals surface area contributed by atoms with Crippen molar-refractivity contribution in [3.8, 4) is 0 Å². The van der Waals surface area contributed by atoms with Gasteiger partial charge in [-0.3, -0.25) is 0 Å². The van der Waals surface area contributed by atoms with Crippen LogP contribution in [-0.4, -0.2) is 24.6 Å². The fourth-order valence-electron chi connectivity index (χ4n) is 4.76. The van der Waals surface area contributed by atoms with E-state index in [1.54, 1.807) is 24.6 Å². The van der Waals surface area contributed by atoms with E-state index in [2.05, 4.69) is 49.7 Å². The van der Waals surface area contributed by atoms with Crippen LogP contribution < -0.4 is 0 Å². The third-order valence-electron chi connectivity index (χ3n) is 6.78. The molecule has 0 nitrogen and oxygen atoms in total. The van der Waals surface area contributed by atoms with Gasteiger partial charge in [0.25, 0.3) is 0 Å². The van der Waals surface area contributed by atoms with Crippen LogP contribution in [0.25, 0.3) is 0 Å². The Morgan fingerprint density at radius 2 is 0.571 bits per heavy atom. The van der Waals surface area contributed by atoms with Gasteiger partial charge in [0, 0.05) is 0 Å². The summed E-state index contributed by atoms with van der Waals surface area (Å²) in [5.74, 6) is 0. The van der Waals surface area contributed by atoms with E-state index < -0.39 is 4.25 Å². The van der Waals surface area contributed by atoms with Crippen LogP contribution in [0.15, 0.2) is 0 Å². The van der Waals surface area contributed by atoms with E-state index >= 15 is 0 Å². The third-order valence-corrected chi connectivity index (χ3v) is 18.3. The summed E-state index contributed by atoms with van der Waals surface area (Å²) in [5, 5.41) is 0. The van der Waals surface area contributed by atoms with Crippen LogP contribution in [0.1, 0.15) is 143 Å². The van der Waals surface area contributed by atoms with Crippen molar-refractivity contribution in [3.05, 3.63) is 0 Å². The summed E-state index contributed by atoms with van der Waals surface area (Å²) in [6.45, 7) is 9.40. The van der Waals surface area contributed by atoms with Crippen LogP contribution in [0.3, 0.4) is 0 Å². The summed E-state index contributed by atoms with van der Waals surface area (Å²) >= 11 is 3.16. The standard InChI is InChI=1S/C26H56IP/c1-5-9-13-17-21-25-28(27,23-19-15-11-7-3,24-20-16-12-8-4)26-22-18-14-10-6-2/h5-26H2,1-4H3. The minimum atomic E-state index is -1.54. The van der Waals surface area contributed by atoms with Crippen molar-refractivity contribution in [2.75, 3.05) is 24.6 Å². The SMILES string of the molecule is CCCCCCCP(I)(CCCCCC)(CCCCCC)CCCCCCC. The molecule has 172 valence electrons. The Bertz CT molecular complexity index is 298. The molecule has 28 heavy (non-hydrogen) atoms. The molecule has 0 heterocycles. The van der Waals surface area contributed by atoms with Crippen molar-refractivity contribution in [2.24, 2.45) is 0 Å². The van der Waals surface area contributed by atoms with Crippen molar-refractivity contribution >= 4 is 26.3 Å². The summed E-state index contributed by atoms with van der Waals surface area (Å²) in [6.07, 6.45) is 32.7. The summed E-state index contributed by atoms with van der Waals surface area (Å²) < 4.78 is -1.54. The average molecular weight is 527 g/mol. The first kappa shape index (κ1) is 29.2. The summed E-state index contributed by atoms with van der Waals surface area (Å²) in [6, 6.07) is 0. The van der Waals surface area contributed by atoms with Crippen LogP contribution in [-0.2, 0) is 0 Å². The van der Waals surface area contributed by atoms with E-state index in [4.69, 9.17) is 0 Å². The van der Waals surface area contributed by atoms with Crippen LogP contribution >= 0.6 is 26.3 Å². The first-order valence-corrected chi connectivity index (χ1v) is 19.0. The molecule has 0 aliphatic rings. The molecule has 0 aromatic carbocycles. The van der Waals surface area contributed by atoms with Crippen LogP contribution in [0.4, 0.5) is 0 Å². The number of unbranched alkanes of at least 4 members (excludes halogenated alkanes) is 14. The summed E-state index contributed by atoms with van der Waals surface area (Å²) in [4.78, 5) is 0. The Hall–Kier alpha value is 1.16. The second kappa shape index (κ2) is 18.9. The topological polar surface area (TPSA) is 0 Å². The fraction of sp³-hybridized carbons (Fsp3) is 1.00. The maximum atomic E-state index is 3.16. The van der Waals surface area contributed by atoms with Gasteiger partial charge in [0.15, 0.2) is 0 Å². The molecule has 2 heteroatoms. The first-order valence-electron chi connectivity index (χ1n) is 13.3. The van der Waals surface area contributed by atoms with Crippen LogP contribution in [0, 0.1) is 0 Å². The Morgan fingerprint density at radius 3 is 0.821 bits per heavy atom. The molecule has 0 fully saturated rings. The number of hydrogen-bond acceptors (Lipinski definition) is 0. The number of rotatable bonds is 22. The fourth-order valence-corrected chi connectivity index (χ4v) is 14.3. The molecule has 0 rings (SSSR count). The van der Waals surface area contributed by atoms with Gasteiger partial charge in [-0.05, 0) is 0 Å². The zero-order chi connectivity index (χ0) is 21.0. The monoisotopic (exact) mass is 526 g/mol. The van der Waals surface area contributed by atoms with Gasteiger partial charge in [-0.25, -0.2) is 0 Å². The van der Waals surface area contributed by atoms with Crippen LogP contribution in [0.5, 0.6) is 0 Å². The van der Waals surface area contributed by atoms with E-state index in [0.29, 0.717) is 0 Å². The zero-order valence-corrected chi connectivity index (χ0v) is 23.4. The normalized spacial score (nSPS) is 13.5. The van der Waals surface area contributed by atoms with Crippen molar-refractivity contribution in [1.82, 2.24) is 0 Å². The van der Waals surface area contributed by atoms with Gasteiger partial charge in [0.2, 0.25) is 0 Å². The van der Waals surface area contributed by atoms with E-state index in [-0.39, 0.29) is 0 Å². The van der Waals surface area contributed by atoms with E-state index in [0.717, 1.165) is 0 Å². The molecular formula is C26H56IP. The Labute approximate surface area is 193 Å². The van der Waals surface area contributed by atoms with Crippen LogP contribution in [0.2, 0.25) is 0 Å². The molecule has 0 aliphatic carbocycles. The summed E-state index contributed by atoms with van der Waals surface area (Å²) in [7, 11) is 0. The van der Waals surface area contributed by atoms with Gasteiger partial charge in [-0.1, -0.05) is 0 Å². The number of hydrogen-bond donors (Lipinski definition) is 0. The van der Waals surface area contributed by atoms with Gasteiger partial charge in [0.1, 0.15) is 0 Å². The van der Waals surface area contributed by atoms with Gasteiger partial charge >= 0.3 is 194 Å². The molecule has 0 bridgehead atoms. The minimum absolute atomic E-state index is 1.37. The zero-order valence-electron chi connectivity index (χ0n) is 20.4. The van der Waals surface area contributed by atoms with Gasteiger partial charge in [0.05, 0.1) is 0 Å². The summed E-state index contributed by atoms with van der Waals surface area (Å²) in [5.41, 5.74) is 0. The average Bonchev–Trinajstić information content (AvgIpc) is 2.69. The van der Waals surface area contributed by atoms with E-state index in [9.17, 15) is 0 Å². The number of halogens is 1. The Kier molecular flexibility index (Phi) is 19.7. The molecule has 0 atom stereocenters. The third kappa shape index (κ3) is 15.0. The second-order valence-corrected chi connectivity index (χ2v) is 23.3. The van der Waals surface area contributed by atoms with Crippen molar-refractivity contribution in [3.63, 3.8) is 0 Å². The van der Waals surface area contributed by atoms with Crippen molar-refractivity contribution < 1.29 is 0 Å². The second-order valence-electron chi connectivity index (χ2n) is 9.66. The molecule has 0 spiro atoms. The molecule has 0 aromatic heterocycles. The molecular weight excluding hydrogens is 470 g/mol. The predicted molar refractivity (Wildman–Crippen MR) is 146 cm³/mol. The maximum absolute atomic E-state index is 3.16. The first-order chi connectivity index (χ1) is 13.5. The Morgan fingerprint density at radius 1 is 0.357 bits per heavy atom. The molecule has 0 unspecified atom stereocenters. The molecule has 0 aliphatic heterocycles. The molecule has 0 amide bonds. The van der Waals surface area contributed by atoms with Crippen molar-refractivity contribution in [1.29, 1.82) is 0 Å².